The van der Waals surface area contributed by atoms with E-state index in [1.165, 1.54) is 7.11 Å². The summed E-state index contributed by atoms with van der Waals surface area (Å²) in [6.45, 7) is 10.8. The second-order valence-corrected chi connectivity index (χ2v) is 20.0. The third kappa shape index (κ3) is 12.3. The number of aliphatic hydroxyl groups excluding tert-OH is 2. The minimum Gasteiger partial charge on any atom is -0.496 e. The van der Waals surface area contributed by atoms with Crippen molar-refractivity contribution >= 4 is 28.9 Å². The molecule has 2 N–H and O–H groups in total. The van der Waals surface area contributed by atoms with Crippen LogP contribution in [0, 0.1) is 17.8 Å². The molecule has 5 aromatic carbocycles. The highest BCUT2D eigenvalue weighted by Crippen LogP contribution is 2.62. The average Bonchev–Trinajstić information content (AvgIpc) is 3.40. The summed E-state index contributed by atoms with van der Waals surface area (Å²) < 4.78 is 39.0. The van der Waals surface area contributed by atoms with E-state index in [1.807, 2.05) is 93.6 Å². The summed E-state index contributed by atoms with van der Waals surface area (Å²) in [5.41, 5.74) is 4.05. The van der Waals surface area contributed by atoms with Gasteiger partial charge in [0.15, 0.2) is 6.29 Å². The number of methoxy groups -OCH3 is 1. The van der Waals surface area contributed by atoms with E-state index < -0.39 is 29.4 Å². The standard InChI is InChI=1S/C60H70N2O11/c1-6-31-70-60-55(62(38-44-22-16-21-42-19-10-11-23-48(42)44)58(66)69-33-32-68-40-41-17-8-7-9-18-41)37-52(61-73-59(2,3)4)50-35-43(20-12-14-29-63)49(24-13-15-30-64)56(57(50)60)51-36-47(26-28-54(51)72-60)71-46-25-27-53(67-5)45(34-46)39-65/h6-11,16-19,21-23,25-28,34-36,39,43,49,55-57,63-64H,1,12-15,20,24,29-33,37-38,40H2,2-5H3. The number of benzene rings is 5. The number of hydrogen-bond donors (Lipinski definition) is 2. The van der Waals surface area contributed by atoms with Gasteiger partial charge < -0.3 is 43.5 Å². The van der Waals surface area contributed by atoms with Crippen LogP contribution < -0.4 is 14.2 Å². The number of allylic oxidation sites excluding steroid dienone is 1. The van der Waals surface area contributed by atoms with Gasteiger partial charge in [-0.2, -0.15) is 0 Å². The molecule has 0 bridgehead atoms. The van der Waals surface area contributed by atoms with Gasteiger partial charge in [0.1, 0.15) is 41.2 Å². The van der Waals surface area contributed by atoms with E-state index in [0.29, 0.717) is 53.7 Å². The highest BCUT2D eigenvalue weighted by atomic mass is 16.7. The third-order valence-corrected chi connectivity index (χ3v) is 14.0. The van der Waals surface area contributed by atoms with Gasteiger partial charge in [-0.05, 0) is 122 Å². The van der Waals surface area contributed by atoms with E-state index in [0.717, 1.165) is 65.0 Å². The minimum atomic E-state index is -1.55. The molecule has 0 saturated heterocycles. The molecule has 0 spiro atoms. The van der Waals surface area contributed by atoms with Gasteiger partial charge >= 0.3 is 6.09 Å². The van der Waals surface area contributed by atoms with Crippen LogP contribution in [0.25, 0.3) is 10.8 Å². The van der Waals surface area contributed by atoms with Crippen molar-refractivity contribution in [2.24, 2.45) is 22.9 Å². The van der Waals surface area contributed by atoms with Crippen LogP contribution in [0.3, 0.4) is 0 Å². The Morgan fingerprint density at radius 3 is 2.38 bits per heavy atom. The van der Waals surface area contributed by atoms with Gasteiger partial charge in [0.05, 0.1) is 50.7 Å². The summed E-state index contributed by atoms with van der Waals surface area (Å²) in [4.78, 5) is 35.5. The summed E-state index contributed by atoms with van der Waals surface area (Å²) in [5.74, 6) is -0.491. The highest BCUT2D eigenvalue weighted by Gasteiger charge is 2.66. The van der Waals surface area contributed by atoms with Gasteiger partial charge in [-0.3, -0.25) is 9.69 Å². The van der Waals surface area contributed by atoms with E-state index in [2.05, 4.69) is 30.9 Å². The normalized spacial score (nSPS) is 21.5. The SMILES string of the molecule is C=CCOC12Oc3ccc(Oc4ccc(OC)c(C=O)c4)cc3C3C(CCCCO)C(CCCCO)C=C(C(=NOC(C)(C)C)CC1N(Cc1cccc4ccccc14)C(=O)OCCOCc1ccccc1)C32. The smallest absolute Gasteiger partial charge is 0.410 e. The molecule has 3 aliphatic rings. The zero-order chi connectivity index (χ0) is 51.4. The van der Waals surface area contributed by atoms with Crippen LogP contribution in [0.2, 0.25) is 0 Å². The van der Waals surface area contributed by atoms with Crippen molar-refractivity contribution in [3.63, 3.8) is 0 Å². The minimum absolute atomic E-state index is 0.00627. The fraction of sp³-hybridized carbons (Fsp3) is 0.417. The first-order chi connectivity index (χ1) is 35.5. The van der Waals surface area contributed by atoms with Crippen LogP contribution in [0.15, 0.2) is 139 Å². The number of carbonyl (C=O) groups is 2. The molecule has 5 aromatic rings. The molecule has 6 unspecified atom stereocenters. The molecule has 1 aliphatic heterocycles. The predicted octanol–water partition coefficient (Wildman–Crippen LogP) is 11.7. The van der Waals surface area contributed by atoms with Crippen molar-refractivity contribution in [1.82, 2.24) is 4.90 Å². The zero-order valence-electron chi connectivity index (χ0n) is 42.6. The van der Waals surface area contributed by atoms with Gasteiger partial charge in [0, 0.05) is 31.1 Å². The topological polar surface area (TPSA) is 155 Å². The number of nitrogens with zero attached hydrogens (tertiary/aromatic N) is 2. The number of ether oxygens (including phenoxy) is 6. The van der Waals surface area contributed by atoms with Crippen molar-refractivity contribution < 1.29 is 53.1 Å². The first-order valence-electron chi connectivity index (χ1n) is 25.6. The lowest BCUT2D eigenvalue weighted by Gasteiger charge is -2.60. The Labute approximate surface area is 429 Å². The second-order valence-electron chi connectivity index (χ2n) is 20.0. The van der Waals surface area contributed by atoms with Crippen LogP contribution in [0.4, 0.5) is 4.79 Å². The van der Waals surface area contributed by atoms with Crippen molar-refractivity contribution in [1.29, 1.82) is 0 Å². The Bertz CT molecular complexity index is 2730. The molecule has 1 heterocycles. The molecular weight excluding hydrogens is 925 g/mol. The van der Waals surface area contributed by atoms with Crippen molar-refractivity contribution in [3.8, 4) is 23.0 Å². The summed E-state index contributed by atoms with van der Waals surface area (Å²) in [6, 6.07) is 34.1. The largest absolute Gasteiger partial charge is 0.496 e. The average molecular weight is 995 g/mol. The molecule has 6 atom stereocenters. The quantitative estimate of drug-likeness (QED) is 0.0263. The molecular formula is C60H70N2O11. The predicted molar refractivity (Wildman–Crippen MR) is 281 cm³/mol. The van der Waals surface area contributed by atoms with Gasteiger partial charge in [-0.1, -0.05) is 103 Å². The number of carbonyl (C=O) groups excluding carboxylic acids is 2. The lowest BCUT2D eigenvalue weighted by atomic mass is 9.55. The molecule has 13 heteroatoms. The highest BCUT2D eigenvalue weighted by molar-refractivity contribution is 6.03. The molecule has 1 fully saturated rings. The third-order valence-electron chi connectivity index (χ3n) is 14.0. The van der Waals surface area contributed by atoms with E-state index in [-0.39, 0.29) is 63.8 Å². The number of fused-ring (bicyclic) bond motifs is 3. The van der Waals surface area contributed by atoms with E-state index in [4.69, 9.17) is 38.4 Å². The summed E-state index contributed by atoms with van der Waals surface area (Å²) in [7, 11) is 1.52. The maximum Gasteiger partial charge on any atom is 0.410 e. The van der Waals surface area contributed by atoms with Gasteiger partial charge in [0.2, 0.25) is 5.79 Å². The maximum absolute atomic E-state index is 15.3. The van der Waals surface area contributed by atoms with Crippen LogP contribution >= 0.6 is 0 Å². The Morgan fingerprint density at radius 1 is 0.890 bits per heavy atom. The molecule has 8 rings (SSSR count). The molecule has 0 aromatic heterocycles. The number of oxime groups is 1. The molecule has 73 heavy (non-hydrogen) atoms. The zero-order valence-corrected chi connectivity index (χ0v) is 42.6. The van der Waals surface area contributed by atoms with Gasteiger partial charge in [-0.15, -0.1) is 6.58 Å². The van der Waals surface area contributed by atoms with Crippen LogP contribution in [-0.2, 0) is 32.2 Å². The van der Waals surface area contributed by atoms with Gasteiger partial charge in [0.25, 0.3) is 0 Å². The monoisotopic (exact) mass is 994 g/mol. The molecule has 2 aliphatic carbocycles. The summed E-state index contributed by atoms with van der Waals surface area (Å²) >= 11 is 0. The fourth-order valence-electron chi connectivity index (χ4n) is 10.9. The first-order valence-corrected chi connectivity index (χ1v) is 25.6. The van der Waals surface area contributed by atoms with E-state index >= 15 is 4.79 Å². The molecule has 386 valence electrons. The Kier molecular flexibility index (Phi) is 17.7. The maximum atomic E-state index is 15.3. The summed E-state index contributed by atoms with van der Waals surface area (Å²) in [5, 5.41) is 27.2. The lowest BCUT2D eigenvalue weighted by molar-refractivity contribution is -0.256. The van der Waals surface area contributed by atoms with E-state index in [1.54, 1.807) is 29.2 Å². The number of rotatable bonds is 24. The van der Waals surface area contributed by atoms with Crippen LogP contribution in [-0.4, -0.2) is 90.8 Å². The number of hydrogen-bond acceptors (Lipinski definition) is 12. The van der Waals surface area contributed by atoms with Crippen LogP contribution in [0.1, 0.15) is 98.7 Å². The van der Waals surface area contributed by atoms with Crippen molar-refractivity contribution in [2.75, 3.05) is 40.1 Å². The molecule has 1 amide bonds. The van der Waals surface area contributed by atoms with Gasteiger partial charge in [-0.25, -0.2) is 4.79 Å². The molecule has 1 saturated carbocycles. The Balaban J connectivity index is 1.31. The fourth-order valence-corrected chi connectivity index (χ4v) is 10.9. The lowest BCUT2D eigenvalue weighted by Crippen LogP contribution is -2.70. The number of aliphatic hydroxyl groups is 2. The van der Waals surface area contributed by atoms with Crippen molar-refractivity contribution in [2.45, 2.75) is 102 Å². The Hall–Kier alpha value is -6.51. The number of amides is 1. The van der Waals surface area contributed by atoms with Crippen molar-refractivity contribution in [3.05, 3.63) is 156 Å². The Morgan fingerprint density at radius 2 is 1.63 bits per heavy atom. The number of aldehydes is 1. The molecule has 13 nitrogen and oxygen atoms in total. The van der Waals surface area contributed by atoms with Crippen LogP contribution in [0.5, 0.6) is 23.0 Å². The molecule has 0 radical (unpaired) electrons. The van der Waals surface area contributed by atoms with E-state index in [9.17, 15) is 15.0 Å². The number of unbranched alkanes of at least 4 members (excludes halogenated alkanes) is 2. The second kappa shape index (κ2) is 24.5. The first kappa shape index (κ1) is 52.8. The summed E-state index contributed by atoms with van der Waals surface area (Å²) in [6.07, 6.45) is 8.68.